The number of likely N-dealkylation sites (tertiary alicyclic amines) is 1. The van der Waals surface area contributed by atoms with Crippen LogP contribution >= 0.6 is 0 Å². The number of ketones is 1. The summed E-state index contributed by atoms with van der Waals surface area (Å²) in [5.74, 6) is -0.152. The van der Waals surface area contributed by atoms with Gasteiger partial charge in [0.1, 0.15) is 11.1 Å². The number of methoxy groups -OCH3 is 1. The molecule has 1 amide bonds. The normalized spacial score (nSPS) is 21.6. The van der Waals surface area contributed by atoms with Crippen molar-refractivity contribution in [1.82, 2.24) is 9.88 Å². The van der Waals surface area contributed by atoms with Gasteiger partial charge in [-0.3, -0.25) is 9.69 Å². The molecule has 2 aromatic rings. The van der Waals surface area contributed by atoms with E-state index in [2.05, 4.69) is 9.72 Å². The van der Waals surface area contributed by atoms with Crippen LogP contribution in [0.3, 0.4) is 0 Å². The molecule has 1 aromatic carbocycles. The van der Waals surface area contributed by atoms with Gasteiger partial charge in [0.25, 0.3) is 0 Å². The number of esters is 1. The number of Topliss-reactive ketones (excluding diaryl/α,β-unsaturated/α-hetero) is 1. The summed E-state index contributed by atoms with van der Waals surface area (Å²) >= 11 is 0. The number of fused-ring (bicyclic) bond motifs is 1. The smallest absolute Gasteiger partial charge is 0.410 e. The van der Waals surface area contributed by atoms with Crippen LogP contribution < -0.4 is 0 Å². The minimum atomic E-state index is -0.650. The fourth-order valence-corrected chi connectivity index (χ4v) is 5.37. The highest BCUT2D eigenvalue weighted by Gasteiger charge is 2.46. The number of oxazole rings is 1. The molecule has 0 radical (unpaired) electrons. The van der Waals surface area contributed by atoms with Crippen LogP contribution in [0.1, 0.15) is 75.5 Å². The second kappa shape index (κ2) is 9.76. The van der Waals surface area contributed by atoms with Crippen molar-refractivity contribution in [2.75, 3.05) is 13.7 Å². The summed E-state index contributed by atoms with van der Waals surface area (Å²) in [4.78, 5) is 44.2. The van der Waals surface area contributed by atoms with Gasteiger partial charge in [-0.05, 0) is 56.7 Å². The Labute approximate surface area is 200 Å². The maximum absolute atomic E-state index is 13.7. The number of rotatable bonds is 5. The molecule has 1 saturated carbocycles. The molecule has 0 N–H and O–H groups in total. The van der Waals surface area contributed by atoms with E-state index in [1.807, 2.05) is 20.8 Å². The number of amides is 1. The quantitative estimate of drug-likeness (QED) is 0.571. The van der Waals surface area contributed by atoms with Crippen molar-refractivity contribution in [3.63, 3.8) is 0 Å². The number of hydrogen-bond donors (Lipinski definition) is 0. The number of hydrogen-bond acceptors (Lipinski definition) is 7. The molecule has 184 valence electrons. The molecule has 8 nitrogen and oxygen atoms in total. The largest absolute Gasteiger partial charge is 0.462 e. The van der Waals surface area contributed by atoms with Gasteiger partial charge in [0.15, 0.2) is 11.4 Å². The molecule has 1 aliphatic carbocycles. The van der Waals surface area contributed by atoms with Crippen molar-refractivity contribution in [1.29, 1.82) is 0 Å². The summed E-state index contributed by atoms with van der Waals surface area (Å²) in [5.41, 5.74) is 1.08. The van der Waals surface area contributed by atoms with Crippen LogP contribution in [0.5, 0.6) is 0 Å². The Morgan fingerprint density at radius 2 is 1.85 bits per heavy atom. The Kier molecular flexibility index (Phi) is 6.96. The molecule has 8 heteroatoms. The maximum Gasteiger partial charge on any atom is 0.410 e. The molecule has 2 aliphatic rings. The number of aromatic nitrogens is 1. The summed E-state index contributed by atoms with van der Waals surface area (Å²) in [5, 5.41) is 0. The highest BCUT2D eigenvalue weighted by molar-refractivity contribution is 5.91. The minimum absolute atomic E-state index is 0.00923. The summed E-state index contributed by atoms with van der Waals surface area (Å²) in [6.07, 6.45) is 6.39. The lowest BCUT2D eigenvalue weighted by molar-refractivity contribution is -0.124. The first-order valence-electron chi connectivity index (χ1n) is 12.2. The Hall–Kier alpha value is -2.90. The van der Waals surface area contributed by atoms with Gasteiger partial charge in [0.05, 0.1) is 13.2 Å². The minimum Gasteiger partial charge on any atom is -0.462 e. The van der Waals surface area contributed by atoms with E-state index < -0.39 is 23.7 Å². The van der Waals surface area contributed by atoms with Gasteiger partial charge >= 0.3 is 18.0 Å². The van der Waals surface area contributed by atoms with E-state index in [1.54, 1.807) is 23.1 Å². The number of nitrogens with zero attached hydrogens (tertiary/aromatic N) is 2. The molecule has 1 saturated heterocycles. The van der Waals surface area contributed by atoms with Crippen LogP contribution in [-0.4, -0.2) is 53.0 Å². The monoisotopic (exact) mass is 470 g/mol. The van der Waals surface area contributed by atoms with Gasteiger partial charge in [-0.2, -0.15) is 0 Å². The van der Waals surface area contributed by atoms with Crippen LogP contribution in [-0.2, 0) is 20.7 Å². The van der Waals surface area contributed by atoms with Crippen molar-refractivity contribution in [2.24, 2.45) is 11.8 Å². The van der Waals surface area contributed by atoms with Crippen molar-refractivity contribution < 1.29 is 28.3 Å². The summed E-state index contributed by atoms with van der Waals surface area (Å²) in [7, 11) is 1.27. The Morgan fingerprint density at radius 1 is 1.12 bits per heavy atom. The molecule has 1 aromatic heterocycles. The van der Waals surface area contributed by atoms with Crippen LogP contribution in [0, 0.1) is 11.8 Å². The zero-order valence-corrected chi connectivity index (χ0v) is 20.5. The first kappa shape index (κ1) is 24.2. The SMILES string of the molecule is COC(=O)c1nc2cc(CC(=O)[C@@H]3[C@H](C4CCCCC4)CCN3C(=O)OC(C)(C)C)ccc2o1. The lowest BCUT2D eigenvalue weighted by Gasteiger charge is -2.34. The zero-order valence-electron chi connectivity index (χ0n) is 20.5. The standard InChI is InChI=1S/C26H34N2O6/c1-26(2,3)34-25(31)28-13-12-18(17-8-6-5-7-9-17)22(28)20(29)15-16-10-11-21-19(14-16)27-23(33-21)24(30)32-4/h10-11,14,17-18,22H,5-9,12-13,15H2,1-4H3/t18-,22-/m0/s1. The number of benzene rings is 1. The summed E-state index contributed by atoms with van der Waals surface area (Å²) in [6, 6.07) is 4.77. The van der Waals surface area contributed by atoms with Gasteiger partial charge in [-0.1, -0.05) is 38.2 Å². The Morgan fingerprint density at radius 3 is 2.53 bits per heavy atom. The third-order valence-electron chi connectivity index (χ3n) is 6.85. The first-order chi connectivity index (χ1) is 16.2. The van der Waals surface area contributed by atoms with Crippen molar-refractivity contribution in [3.8, 4) is 0 Å². The lowest BCUT2D eigenvalue weighted by atomic mass is 9.75. The molecule has 2 fully saturated rings. The van der Waals surface area contributed by atoms with Crippen molar-refractivity contribution >= 4 is 28.9 Å². The Balaban J connectivity index is 1.57. The van der Waals surface area contributed by atoms with Crippen molar-refractivity contribution in [3.05, 3.63) is 29.7 Å². The summed E-state index contributed by atoms with van der Waals surface area (Å²) < 4.78 is 15.7. The number of ether oxygens (including phenoxy) is 2. The Bertz CT molecular complexity index is 1060. The molecule has 2 atom stereocenters. The van der Waals surface area contributed by atoms with Gasteiger partial charge < -0.3 is 13.9 Å². The van der Waals surface area contributed by atoms with Gasteiger partial charge in [-0.25, -0.2) is 14.6 Å². The third kappa shape index (κ3) is 5.26. The van der Waals surface area contributed by atoms with E-state index in [0.29, 0.717) is 23.6 Å². The first-order valence-corrected chi connectivity index (χ1v) is 12.2. The van der Waals surface area contributed by atoms with Crippen molar-refractivity contribution in [2.45, 2.75) is 77.4 Å². The van der Waals surface area contributed by atoms with Gasteiger partial charge in [-0.15, -0.1) is 0 Å². The van der Waals surface area contributed by atoms with E-state index in [1.165, 1.54) is 26.4 Å². The molecule has 0 bridgehead atoms. The predicted octanol–water partition coefficient (Wildman–Crippen LogP) is 4.93. The molecule has 34 heavy (non-hydrogen) atoms. The zero-order chi connectivity index (χ0) is 24.5. The van der Waals surface area contributed by atoms with E-state index in [4.69, 9.17) is 9.15 Å². The third-order valence-corrected chi connectivity index (χ3v) is 6.85. The fourth-order valence-electron chi connectivity index (χ4n) is 5.37. The fraction of sp³-hybridized carbons (Fsp3) is 0.615. The van der Waals surface area contributed by atoms with Crippen LogP contribution in [0.4, 0.5) is 4.79 Å². The van der Waals surface area contributed by atoms with E-state index >= 15 is 0 Å². The van der Waals surface area contributed by atoms with E-state index in [-0.39, 0.29) is 24.0 Å². The molecule has 2 heterocycles. The molecule has 1 aliphatic heterocycles. The van der Waals surface area contributed by atoms with E-state index in [9.17, 15) is 14.4 Å². The highest BCUT2D eigenvalue weighted by atomic mass is 16.6. The number of carbonyl (C=O) groups excluding carboxylic acids is 3. The molecule has 0 unspecified atom stereocenters. The second-order valence-electron chi connectivity index (χ2n) is 10.4. The van der Waals surface area contributed by atoms with Crippen LogP contribution in [0.25, 0.3) is 11.1 Å². The summed E-state index contributed by atoms with van der Waals surface area (Å²) in [6.45, 7) is 6.06. The second-order valence-corrected chi connectivity index (χ2v) is 10.4. The van der Waals surface area contributed by atoms with Crippen LogP contribution in [0.15, 0.2) is 22.6 Å². The molecular weight excluding hydrogens is 436 g/mol. The number of carbonyl (C=O) groups is 3. The maximum atomic E-state index is 13.7. The lowest BCUT2D eigenvalue weighted by Crippen LogP contribution is -2.47. The topological polar surface area (TPSA) is 98.9 Å². The average molecular weight is 471 g/mol. The van der Waals surface area contributed by atoms with E-state index in [0.717, 1.165) is 24.8 Å². The molecular formula is C26H34N2O6. The van der Waals surface area contributed by atoms with Gasteiger partial charge in [0.2, 0.25) is 0 Å². The highest BCUT2D eigenvalue weighted by Crippen LogP contribution is 2.40. The van der Waals surface area contributed by atoms with Gasteiger partial charge in [0, 0.05) is 13.0 Å². The predicted molar refractivity (Wildman–Crippen MR) is 125 cm³/mol. The molecule has 4 rings (SSSR count). The van der Waals surface area contributed by atoms with Crippen LogP contribution in [0.2, 0.25) is 0 Å². The molecule has 0 spiro atoms. The average Bonchev–Trinajstić information content (AvgIpc) is 3.42.